The first-order valence-corrected chi connectivity index (χ1v) is 6.64. The van der Waals surface area contributed by atoms with Crippen LogP contribution in [0.25, 0.3) is 0 Å². The Morgan fingerprint density at radius 2 is 2.16 bits per heavy atom. The summed E-state index contributed by atoms with van der Waals surface area (Å²) < 4.78 is 5.53. The topological polar surface area (TPSA) is 59.5 Å². The monoisotopic (exact) mass is 286 g/mol. The lowest BCUT2D eigenvalue weighted by Crippen LogP contribution is -2.51. The molecule has 4 nitrogen and oxygen atoms in total. The van der Waals surface area contributed by atoms with Crippen molar-refractivity contribution in [3.63, 3.8) is 0 Å². The van der Waals surface area contributed by atoms with Gasteiger partial charge in [0.25, 0.3) is 5.91 Å². The van der Waals surface area contributed by atoms with Gasteiger partial charge in [-0.25, -0.2) is 0 Å². The van der Waals surface area contributed by atoms with Crippen molar-refractivity contribution in [2.75, 3.05) is 6.54 Å². The van der Waals surface area contributed by atoms with Crippen LogP contribution in [0.2, 0.25) is 0 Å². The molecule has 2 heterocycles. The highest BCUT2D eigenvalue weighted by Crippen LogP contribution is 2.23. The van der Waals surface area contributed by atoms with Gasteiger partial charge in [0.05, 0.1) is 0 Å². The normalized spacial score (nSPS) is 20.8. The van der Waals surface area contributed by atoms with E-state index in [4.69, 9.17) is 10.2 Å². The first-order valence-electron chi connectivity index (χ1n) is 6.64. The lowest BCUT2D eigenvalue weighted by atomic mass is 9.96. The number of rotatable bonds is 2. The van der Waals surface area contributed by atoms with Gasteiger partial charge in [0.2, 0.25) is 0 Å². The molecule has 2 rings (SSSR count). The summed E-state index contributed by atoms with van der Waals surface area (Å²) in [5.41, 5.74) is 6.90. The van der Waals surface area contributed by atoms with Gasteiger partial charge in [0, 0.05) is 24.2 Å². The van der Waals surface area contributed by atoms with Crippen molar-refractivity contribution in [2.45, 2.75) is 52.1 Å². The van der Waals surface area contributed by atoms with E-state index >= 15 is 0 Å². The smallest absolute Gasteiger partial charge is 0.290 e. The molecule has 5 heteroatoms. The van der Waals surface area contributed by atoms with Gasteiger partial charge >= 0.3 is 0 Å². The van der Waals surface area contributed by atoms with Gasteiger partial charge in [0.15, 0.2) is 5.76 Å². The van der Waals surface area contributed by atoms with E-state index in [1.807, 2.05) is 31.7 Å². The number of aryl methyl sites for hydroxylation is 2. The van der Waals surface area contributed by atoms with Gasteiger partial charge in [-0.3, -0.25) is 4.79 Å². The van der Waals surface area contributed by atoms with Gasteiger partial charge in [0.1, 0.15) is 5.76 Å². The van der Waals surface area contributed by atoms with Crippen LogP contribution in [0.15, 0.2) is 10.5 Å². The molecule has 19 heavy (non-hydrogen) atoms. The zero-order valence-electron chi connectivity index (χ0n) is 11.8. The molecular formula is C14H23ClN2O2. The molecule has 1 amide bonds. The number of furan rings is 1. The fraction of sp³-hybridized carbons (Fsp3) is 0.643. The van der Waals surface area contributed by atoms with Gasteiger partial charge < -0.3 is 15.1 Å². The maximum Gasteiger partial charge on any atom is 0.290 e. The molecule has 1 aliphatic rings. The minimum absolute atomic E-state index is 0. The van der Waals surface area contributed by atoms with Crippen molar-refractivity contribution in [3.8, 4) is 0 Å². The van der Waals surface area contributed by atoms with Gasteiger partial charge in [-0.2, -0.15) is 0 Å². The van der Waals surface area contributed by atoms with Crippen molar-refractivity contribution in [3.05, 3.63) is 23.2 Å². The van der Waals surface area contributed by atoms with E-state index < -0.39 is 0 Å². The molecule has 2 N–H and O–H groups in total. The Morgan fingerprint density at radius 3 is 2.68 bits per heavy atom. The van der Waals surface area contributed by atoms with E-state index in [1.54, 1.807) is 0 Å². The van der Waals surface area contributed by atoms with Crippen LogP contribution in [-0.4, -0.2) is 29.4 Å². The van der Waals surface area contributed by atoms with Crippen molar-refractivity contribution in [2.24, 2.45) is 5.73 Å². The predicted molar refractivity (Wildman–Crippen MR) is 77.8 cm³/mol. The predicted octanol–water partition coefficient (Wildman–Crippen LogP) is 2.66. The second-order valence-corrected chi connectivity index (χ2v) is 5.29. The Labute approximate surface area is 120 Å². The summed E-state index contributed by atoms with van der Waals surface area (Å²) in [6.45, 7) is 6.53. The van der Waals surface area contributed by atoms with E-state index in [0.29, 0.717) is 5.76 Å². The Kier molecular flexibility index (Phi) is 5.44. The molecule has 108 valence electrons. The summed E-state index contributed by atoms with van der Waals surface area (Å²) in [5.74, 6) is 1.24. The Morgan fingerprint density at radius 1 is 1.47 bits per heavy atom. The second kappa shape index (κ2) is 6.44. The number of piperidine rings is 1. The van der Waals surface area contributed by atoms with Crippen LogP contribution in [0.5, 0.6) is 0 Å². The fourth-order valence-electron chi connectivity index (χ4n) is 2.74. The zero-order chi connectivity index (χ0) is 13.3. The van der Waals surface area contributed by atoms with Crippen LogP contribution in [0.1, 0.15) is 48.1 Å². The standard InChI is InChI=1S/C14H22N2O2.ClH/c1-9-8-10(2)18-13(9)14(17)16-7-5-4-6-12(16)11(3)15;/h8,11-12H,4-7,15H2,1-3H3;1H. The average Bonchev–Trinajstić information content (AvgIpc) is 2.67. The quantitative estimate of drug-likeness (QED) is 0.909. The highest BCUT2D eigenvalue weighted by Gasteiger charge is 2.32. The van der Waals surface area contributed by atoms with Crippen LogP contribution in [0, 0.1) is 13.8 Å². The number of hydrogen-bond acceptors (Lipinski definition) is 3. The van der Waals surface area contributed by atoms with Crippen molar-refractivity contribution < 1.29 is 9.21 Å². The maximum absolute atomic E-state index is 12.5. The van der Waals surface area contributed by atoms with E-state index in [9.17, 15) is 4.79 Å². The summed E-state index contributed by atoms with van der Waals surface area (Å²) in [5, 5.41) is 0. The summed E-state index contributed by atoms with van der Waals surface area (Å²) in [6, 6.07) is 2.04. The molecule has 0 radical (unpaired) electrons. The van der Waals surface area contributed by atoms with Gasteiger partial charge in [-0.1, -0.05) is 0 Å². The third kappa shape index (κ3) is 3.31. The number of amides is 1. The molecule has 2 atom stereocenters. The summed E-state index contributed by atoms with van der Waals surface area (Å²) in [6.07, 6.45) is 3.18. The number of nitrogens with zero attached hydrogens (tertiary/aromatic N) is 1. The minimum atomic E-state index is -0.0115. The van der Waals surface area contributed by atoms with Crippen LogP contribution in [-0.2, 0) is 0 Å². The molecule has 0 aliphatic carbocycles. The van der Waals surface area contributed by atoms with Gasteiger partial charge in [-0.05, 0) is 46.1 Å². The number of carbonyl (C=O) groups excluding carboxylic acids is 1. The lowest BCUT2D eigenvalue weighted by molar-refractivity contribution is 0.0549. The molecule has 1 aromatic heterocycles. The zero-order valence-corrected chi connectivity index (χ0v) is 12.6. The molecule has 2 unspecified atom stereocenters. The highest BCUT2D eigenvalue weighted by molar-refractivity contribution is 5.93. The number of halogens is 1. The van der Waals surface area contributed by atoms with Crippen LogP contribution < -0.4 is 5.73 Å². The lowest BCUT2D eigenvalue weighted by Gasteiger charge is -2.37. The summed E-state index contributed by atoms with van der Waals surface area (Å²) in [7, 11) is 0. The SMILES string of the molecule is Cc1cc(C)c(C(=O)N2CCCCC2C(C)N)o1.Cl. The van der Waals surface area contributed by atoms with E-state index in [1.165, 1.54) is 0 Å². The van der Waals surface area contributed by atoms with Crippen molar-refractivity contribution >= 4 is 18.3 Å². The second-order valence-electron chi connectivity index (χ2n) is 5.29. The van der Waals surface area contributed by atoms with E-state index in [2.05, 4.69) is 0 Å². The molecule has 1 aromatic rings. The van der Waals surface area contributed by atoms with E-state index in [-0.39, 0.29) is 30.4 Å². The number of carbonyl (C=O) groups is 1. The average molecular weight is 287 g/mol. The molecule has 0 spiro atoms. The molecular weight excluding hydrogens is 264 g/mol. The van der Waals surface area contributed by atoms with Crippen LogP contribution >= 0.6 is 12.4 Å². The Balaban J connectivity index is 0.00000180. The number of likely N-dealkylation sites (tertiary alicyclic amines) is 1. The Hall–Kier alpha value is -1.00. The molecule has 1 fully saturated rings. The maximum atomic E-state index is 12.5. The third-order valence-electron chi connectivity index (χ3n) is 3.65. The molecule has 0 saturated carbocycles. The highest BCUT2D eigenvalue weighted by atomic mass is 35.5. The first-order chi connectivity index (χ1) is 8.50. The number of nitrogens with two attached hydrogens (primary N) is 1. The Bertz CT molecular complexity index is 443. The largest absolute Gasteiger partial charge is 0.456 e. The first kappa shape index (κ1) is 16.1. The third-order valence-corrected chi connectivity index (χ3v) is 3.65. The van der Waals surface area contributed by atoms with Crippen LogP contribution in [0.4, 0.5) is 0 Å². The van der Waals surface area contributed by atoms with Crippen molar-refractivity contribution in [1.29, 1.82) is 0 Å². The summed E-state index contributed by atoms with van der Waals surface area (Å²) >= 11 is 0. The van der Waals surface area contributed by atoms with E-state index in [0.717, 1.165) is 37.1 Å². The minimum Gasteiger partial charge on any atom is -0.456 e. The summed E-state index contributed by atoms with van der Waals surface area (Å²) in [4.78, 5) is 14.4. The van der Waals surface area contributed by atoms with Crippen LogP contribution in [0.3, 0.4) is 0 Å². The van der Waals surface area contributed by atoms with Gasteiger partial charge in [-0.15, -0.1) is 12.4 Å². The molecule has 1 saturated heterocycles. The number of hydrogen-bond donors (Lipinski definition) is 1. The molecule has 1 aliphatic heterocycles. The molecule has 0 aromatic carbocycles. The van der Waals surface area contributed by atoms with Crippen molar-refractivity contribution in [1.82, 2.24) is 4.90 Å². The molecule has 0 bridgehead atoms. The fourth-order valence-corrected chi connectivity index (χ4v) is 2.74.